The Hall–Kier alpha value is -2.88. The van der Waals surface area contributed by atoms with E-state index in [4.69, 9.17) is 4.74 Å². The third kappa shape index (κ3) is 4.62. The highest BCUT2D eigenvalue weighted by Gasteiger charge is 2.13. The van der Waals surface area contributed by atoms with Crippen LogP contribution < -0.4 is 10.1 Å². The molecule has 0 aliphatic heterocycles. The lowest BCUT2D eigenvalue weighted by atomic mass is 10.2. The normalized spacial score (nSPS) is 10.8. The van der Waals surface area contributed by atoms with Crippen LogP contribution in [0.15, 0.2) is 66.4 Å². The van der Waals surface area contributed by atoms with Crippen molar-refractivity contribution in [3.63, 3.8) is 0 Å². The van der Waals surface area contributed by atoms with Crippen LogP contribution >= 0.6 is 0 Å². The minimum atomic E-state index is -0.611. The molecule has 4 heteroatoms. The number of para-hydroxylation sites is 1. The van der Waals surface area contributed by atoms with E-state index < -0.39 is 5.97 Å². The van der Waals surface area contributed by atoms with E-state index in [-0.39, 0.29) is 11.6 Å². The molecule has 0 atom stereocenters. The van der Waals surface area contributed by atoms with Crippen molar-refractivity contribution < 1.29 is 14.3 Å². The van der Waals surface area contributed by atoms with Gasteiger partial charge in [0.15, 0.2) is 0 Å². The Morgan fingerprint density at radius 3 is 2.10 bits per heavy atom. The molecule has 0 saturated carbocycles. The van der Waals surface area contributed by atoms with Crippen LogP contribution in [0.25, 0.3) is 6.08 Å². The van der Waals surface area contributed by atoms with E-state index in [2.05, 4.69) is 5.32 Å². The van der Waals surface area contributed by atoms with Crippen molar-refractivity contribution in [3.05, 3.63) is 71.9 Å². The zero-order valence-electron chi connectivity index (χ0n) is 11.6. The van der Waals surface area contributed by atoms with Gasteiger partial charge in [-0.2, -0.15) is 0 Å². The molecule has 106 valence electrons. The molecule has 0 aliphatic carbocycles. The molecular weight excluding hydrogens is 266 g/mol. The summed E-state index contributed by atoms with van der Waals surface area (Å²) in [5.41, 5.74) is 0.892. The zero-order chi connectivity index (χ0) is 15.1. The highest BCUT2D eigenvalue weighted by molar-refractivity contribution is 5.98. The van der Waals surface area contributed by atoms with Gasteiger partial charge in [0.1, 0.15) is 11.4 Å². The summed E-state index contributed by atoms with van der Waals surface area (Å²) in [6, 6.07) is 17.9. The van der Waals surface area contributed by atoms with Crippen molar-refractivity contribution in [1.82, 2.24) is 5.32 Å². The fourth-order valence-corrected chi connectivity index (χ4v) is 1.70. The molecule has 1 N–H and O–H groups in total. The summed E-state index contributed by atoms with van der Waals surface area (Å²) in [6.45, 7) is 1.34. The predicted molar refractivity (Wildman–Crippen MR) is 80.3 cm³/mol. The minimum absolute atomic E-state index is 0.0950. The number of rotatable bonds is 4. The van der Waals surface area contributed by atoms with Gasteiger partial charge in [-0.25, -0.2) is 4.79 Å². The molecule has 2 rings (SSSR count). The Balaban J connectivity index is 2.21. The number of amides is 1. The summed E-state index contributed by atoms with van der Waals surface area (Å²) in [4.78, 5) is 23.4. The Morgan fingerprint density at radius 2 is 1.52 bits per heavy atom. The lowest BCUT2D eigenvalue weighted by molar-refractivity contribution is -0.132. The quantitative estimate of drug-likeness (QED) is 0.532. The third-order valence-electron chi connectivity index (χ3n) is 2.59. The van der Waals surface area contributed by atoms with Crippen LogP contribution in [-0.4, -0.2) is 11.9 Å². The number of carbonyl (C=O) groups excluding carboxylic acids is 2. The maximum Gasteiger partial charge on any atom is 0.360 e. The highest BCUT2D eigenvalue weighted by atomic mass is 16.5. The Morgan fingerprint density at radius 1 is 0.952 bits per heavy atom. The molecule has 0 aromatic heterocycles. The monoisotopic (exact) mass is 281 g/mol. The van der Waals surface area contributed by atoms with Gasteiger partial charge < -0.3 is 10.1 Å². The van der Waals surface area contributed by atoms with E-state index in [0.717, 1.165) is 5.56 Å². The van der Waals surface area contributed by atoms with Crippen LogP contribution in [0.4, 0.5) is 0 Å². The van der Waals surface area contributed by atoms with E-state index in [1.165, 1.54) is 6.92 Å². The van der Waals surface area contributed by atoms with E-state index in [0.29, 0.717) is 5.75 Å². The van der Waals surface area contributed by atoms with Crippen molar-refractivity contribution >= 4 is 18.0 Å². The lowest BCUT2D eigenvalue weighted by Crippen LogP contribution is -2.27. The fraction of sp³-hybridized carbons (Fsp3) is 0.0588. The molecule has 0 unspecified atom stereocenters. The maximum atomic E-state index is 12.1. The van der Waals surface area contributed by atoms with Crippen LogP contribution in [0, 0.1) is 0 Å². The van der Waals surface area contributed by atoms with Crippen LogP contribution in [0.5, 0.6) is 5.75 Å². The fourth-order valence-electron chi connectivity index (χ4n) is 1.70. The van der Waals surface area contributed by atoms with E-state index in [9.17, 15) is 9.59 Å². The topological polar surface area (TPSA) is 55.4 Å². The molecule has 0 radical (unpaired) electrons. The van der Waals surface area contributed by atoms with Gasteiger partial charge in [-0.3, -0.25) is 4.79 Å². The minimum Gasteiger partial charge on any atom is -0.422 e. The van der Waals surface area contributed by atoms with Crippen molar-refractivity contribution in [2.24, 2.45) is 0 Å². The molecule has 4 nitrogen and oxygen atoms in total. The first-order valence-corrected chi connectivity index (χ1v) is 6.47. The molecular formula is C17H15NO3. The van der Waals surface area contributed by atoms with Crippen molar-refractivity contribution in [2.45, 2.75) is 6.92 Å². The Bertz CT molecular complexity index is 648. The number of hydrogen-bond donors (Lipinski definition) is 1. The second-order valence-corrected chi connectivity index (χ2v) is 4.35. The Kier molecular flexibility index (Phi) is 4.88. The van der Waals surface area contributed by atoms with Crippen molar-refractivity contribution in [3.8, 4) is 5.75 Å². The van der Waals surface area contributed by atoms with Gasteiger partial charge in [-0.15, -0.1) is 0 Å². The molecule has 0 aliphatic rings. The highest BCUT2D eigenvalue weighted by Crippen LogP contribution is 2.12. The van der Waals surface area contributed by atoms with Crippen molar-refractivity contribution in [2.75, 3.05) is 0 Å². The van der Waals surface area contributed by atoms with Crippen LogP contribution in [-0.2, 0) is 9.59 Å². The third-order valence-corrected chi connectivity index (χ3v) is 2.59. The molecule has 0 heterocycles. The second-order valence-electron chi connectivity index (χ2n) is 4.35. The molecule has 2 aromatic carbocycles. The van der Waals surface area contributed by atoms with Gasteiger partial charge in [-0.05, 0) is 23.8 Å². The first-order chi connectivity index (χ1) is 10.1. The van der Waals surface area contributed by atoms with Gasteiger partial charge in [0.05, 0.1) is 0 Å². The lowest BCUT2D eigenvalue weighted by Gasteiger charge is -2.08. The predicted octanol–water partition coefficient (Wildman–Crippen LogP) is 2.77. The summed E-state index contributed by atoms with van der Waals surface area (Å²) in [6.07, 6.45) is 1.58. The molecule has 0 saturated heterocycles. The van der Waals surface area contributed by atoms with E-state index >= 15 is 0 Å². The number of esters is 1. The van der Waals surface area contributed by atoms with Crippen LogP contribution in [0.1, 0.15) is 12.5 Å². The maximum absolute atomic E-state index is 12.1. The molecule has 0 fully saturated rings. The van der Waals surface area contributed by atoms with Crippen LogP contribution in [0.3, 0.4) is 0 Å². The average molecular weight is 281 g/mol. The number of nitrogens with one attached hydrogen (secondary N) is 1. The summed E-state index contributed by atoms with van der Waals surface area (Å²) in [7, 11) is 0. The summed E-state index contributed by atoms with van der Waals surface area (Å²) >= 11 is 0. The molecule has 0 bridgehead atoms. The number of ether oxygens (including phenoxy) is 1. The summed E-state index contributed by atoms with van der Waals surface area (Å²) in [5, 5.41) is 2.50. The number of hydrogen-bond acceptors (Lipinski definition) is 3. The summed E-state index contributed by atoms with van der Waals surface area (Å²) in [5.74, 6) is -0.519. The molecule has 0 spiro atoms. The van der Waals surface area contributed by atoms with Gasteiger partial charge in [0.2, 0.25) is 5.91 Å². The second kappa shape index (κ2) is 7.05. The molecule has 21 heavy (non-hydrogen) atoms. The first-order valence-electron chi connectivity index (χ1n) is 6.47. The van der Waals surface area contributed by atoms with Crippen molar-refractivity contribution in [1.29, 1.82) is 0 Å². The smallest absolute Gasteiger partial charge is 0.360 e. The standard InChI is InChI=1S/C17H15NO3/c1-13(19)18-16(12-14-8-4-2-5-9-14)17(20)21-15-10-6-3-7-11-15/h2-12H,1H3,(H,18,19). The average Bonchev–Trinajstić information content (AvgIpc) is 2.48. The van der Waals surface area contributed by atoms with Gasteiger partial charge in [-0.1, -0.05) is 48.5 Å². The Labute approximate surface area is 123 Å². The first kappa shape index (κ1) is 14.5. The van der Waals surface area contributed by atoms with Gasteiger partial charge in [0, 0.05) is 6.92 Å². The van der Waals surface area contributed by atoms with Crippen LogP contribution in [0.2, 0.25) is 0 Å². The zero-order valence-corrected chi connectivity index (χ0v) is 11.6. The summed E-state index contributed by atoms with van der Waals surface area (Å²) < 4.78 is 5.23. The van der Waals surface area contributed by atoms with Gasteiger partial charge >= 0.3 is 5.97 Å². The molecule has 2 aromatic rings. The largest absolute Gasteiger partial charge is 0.422 e. The number of carbonyl (C=O) groups is 2. The van der Waals surface area contributed by atoms with Gasteiger partial charge in [0.25, 0.3) is 0 Å². The van der Waals surface area contributed by atoms with E-state index in [1.807, 2.05) is 36.4 Å². The molecule has 1 amide bonds. The van der Waals surface area contributed by atoms with E-state index in [1.54, 1.807) is 30.3 Å². The number of benzene rings is 2. The SMILES string of the molecule is CC(=O)NC(=Cc1ccccc1)C(=O)Oc1ccccc1.